The van der Waals surface area contributed by atoms with Crippen molar-refractivity contribution in [2.75, 3.05) is 0 Å². The summed E-state index contributed by atoms with van der Waals surface area (Å²) >= 11 is 0. The Morgan fingerprint density at radius 3 is 1.62 bits per heavy atom. The van der Waals surface area contributed by atoms with Gasteiger partial charge in [-0.1, -0.05) is 13.8 Å². The average Bonchev–Trinajstić information content (AvgIpc) is 2.09. The zero-order valence-electron chi connectivity index (χ0n) is 9.95. The van der Waals surface area contributed by atoms with E-state index in [1.54, 1.807) is 0 Å². The molecule has 0 bridgehead atoms. The molecular weight excluding hydrogens is 208 g/mol. The second kappa shape index (κ2) is 4.44. The predicted octanol–water partition coefficient (Wildman–Crippen LogP) is 2.52. The Labute approximate surface area is 95.7 Å². The monoisotopic (exact) mass is 228 g/mol. The van der Waals surface area contributed by atoms with Gasteiger partial charge in [-0.05, 0) is 36.5 Å². The Balaban J connectivity index is 2.73. The lowest BCUT2D eigenvalue weighted by atomic mass is 9.62. The Morgan fingerprint density at radius 1 is 0.938 bits per heavy atom. The van der Waals surface area contributed by atoms with Crippen molar-refractivity contribution in [1.82, 2.24) is 0 Å². The average molecular weight is 228 g/mol. The van der Waals surface area contributed by atoms with E-state index in [0.717, 1.165) is 12.8 Å². The number of hydrogen-bond acceptors (Lipinski definition) is 2. The van der Waals surface area contributed by atoms with E-state index in [9.17, 15) is 9.59 Å². The lowest BCUT2D eigenvalue weighted by molar-refractivity contribution is -0.145. The van der Waals surface area contributed by atoms with Crippen molar-refractivity contribution in [3.05, 3.63) is 0 Å². The van der Waals surface area contributed by atoms with Crippen molar-refractivity contribution in [3.63, 3.8) is 0 Å². The molecule has 92 valence electrons. The van der Waals surface area contributed by atoms with Gasteiger partial charge in [0, 0.05) is 0 Å². The third-order valence-corrected chi connectivity index (χ3v) is 3.72. The zero-order valence-corrected chi connectivity index (χ0v) is 9.95. The van der Waals surface area contributed by atoms with E-state index < -0.39 is 17.4 Å². The van der Waals surface area contributed by atoms with Gasteiger partial charge in [0.15, 0.2) is 0 Å². The first-order valence-electron chi connectivity index (χ1n) is 5.68. The van der Waals surface area contributed by atoms with Crippen molar-refractivity contribution in [2.24, 2.45) is 10.8 Å². The van der Waals surface area contributed by atoms with Gasteiger partial charge in [0.1, 0.15) is 0 Å². The fraction of sp³-hybridized carbons (Fsp3) is 0.833. The first-order chi connectivity index (χ1) is 7.25. The number of carboxylic acids is 2. The normalized spacial score (nSPS) is 22.6. The van der Waals surface area contributed by atoms with E-state index in [4.69, 9.17) is 10.2 Å². The minimum Gasteiger partial charge on any atom is -0.481 e. The summed E-state index contributed by atoms with van der Waals surface area (Å²) in [6.07, 6.45) is 3.20. The van der Waals surface area contributed by atoms with Gasteiger partial charge in [-0.2, -0.15) is 0 Å². The Kier molecular flexibility index (Phi) is 3.61. The topological polar surface area (TPSA) is 74.6 Å². The van der Waals surface area contributed by atoms with Crippen LogP contribution in [0, 0.1) is 10.8 Å². The molecule has 0 aromatic heterocycles. The van der Waals surface area contributed by atoms with E-state index in [1.807, 2.05) is 0 Å². The van der Waals surface area contributed by atoms with Gasteiger partial charge in [0.05, 0.1) is 12.8 Å². The summed E-state index contributed by atoms with van der Waals surface area (Å²) in [5.41, 5.74) is -0.298. The molecule has 1 saturated carbocycles. The van der Waals surface area contributed by atoms with Crippen molar-refractivity contribution in [3.8, 4) is 0 Å². The van der Waals surface area contributed by atoms with Crippen molar-refractivity contribution in [1.29, 1.82) is 0 Å². The number of hydrogen-bond donors (Lipinski definition) is 2. The summed E-state index contributed by atoms with van der Waals surface area (Å²) in [7, 11) is 0. The molecule has 2 N–H and O–H groups in total. The van der Waals surface area contributed by atoms with Crippen LogP contribution in [-0.2, 0) is 9.59 Å². The van der Waals surface area contributed by atoms with Crippen LogP contribution in [0.5, 0.6) is 0 Å². The molecule has 0 unspecified atom stereocenters. The van der Waals surface area contributed by atoms with Crippen LogP contribution < -0.4 is 0 Å². The van der Waals surface area contributed by atoms with Gasteiger partial charge in [0.25, 0.3) is 0 Å². The van der Waals surface area contributed by atoms with E-state index >= 15 is 0 Å². The molecule has 0 aromatic carbocycles. The predicted molar refractivity (Wildman–Crippen MR) is 59.2 cm³/mol. The standard InChI is InChI=1S/C12H20O4/c1-11(2)3-5-12(6-4-11,7-9(13)14)8-10(15)16/h3-8H2,1-2H3,(H,13,14)(H,15,16). The van der Waals surface area contributed by atoms with Crippen LogP contribution in [0.4, 0.5) is 0 Å². The van der Waals surface area contributed by atoms with Crippen molar-refractivity contribution >= 4 is 11.9 Å². The molecule has 0 spiro atoms. The molecule has 16 heavy (non-hydrogen) atoms. The molecule has 4 nitrogen and oxygen atoms in total. The summed E-state index contributed by atoms with van der Waals surface area (Å²) in [6.45, 7) is 4.30. The minimum atomic E-state index is -0.888. The van der Waals surface area contributed by atoms with Crippen LogP contribution in [0.3, 0.4) is 0 Å². The second-order valence-electron chi connectivity index (χ2n) is 5.81. The van der Waals surface area contributed by atoms with Gasteiger partial charge in [-0.3, -0.25) is 9.59 Å². The lowest BCUT2D eigenvalue weighted by Crippen LogP contribution is -2.35. The second-order valence-corrected chi connectivity index (χ2v) is 5.81. The summed E-state index contributed by atoms with van der Waals surface area (Å²) in [6, 6.07) is 0. The fourth-order valence-corrected chi connectivity index (χ4v) is 2.51. The molecule has 0 aromatic rings. The Morgan fingerprint density at radius 2 is 1.31 bits per heavy atom. The highest BCUT2D eigenvalue weighted by atomic mass is 16.4. The molecule has 1 rings (SSSR count). The van der Waals surface area contributed by atoms with Crippen LogP contribution in [0.25, 0.3) is 0 Å². The van der Waals surface area contributed by atoms with E-state index in [2.05, 4.69) is 13.8 Å². The first kappa shape index (κ1) is 13.0. The highest BCUT2D eigenvalue weighted by molar-refractivity contribution is 5.72. The SMILES string of the molecule is CC1(C)CCC(CC(=O)O)(CC(=O)O)CC1. The fourth-order valence-electron chi connectivity index (χ4n) is 2.51. The zero-order chi connectivity index (χ0) is 12.4. The highest BCUT2D eigenvalue weighted by Gasteiger charge is 2.41. The minimum absolute atomic E-state index is 0.0185. The molecular formula is C12H20O4. The molecule has 1 fully saturated rings. The molecule has 0 atom stereocenters. The molecule has 0 aliphatic heterocycles. The van der Waals surface area contributed by atoms with Crippen LogP contribution in [0.1, 0.15) is 52.4 Å². The maximum absolute atomic E-state index is 10.8. The highest BCUT2D eigenvalue weighted by Crippen LogP contribution is 2.48. The number of rotatable bonds is 4. The first-order valence-corrected chi connectivity index (χ1v) is 5.68. The molecule has 0 saturated heterocycles. The molecule has 4 heteroatoms. The molecule has 1 aliphatic rings. The smallest absolute Gasteiger partial charge is 0.303 e. The lowest BCUT2D eigenvalue weighted by Gasteiger charge is -2.42. The van der Waals surface area contributed by atoms with E-state index in [1.165, 1.54) is 0 Å². The van der Waals surface area contributed by atoms with E-state index in [0.29, 0.717) is 12.8 Å². The quantitative estimate of drug-likeness (QED) is 0.775. The van der Waals surface area contributed by atoms with Gasteiger partial charge in [-0.25, -0.2) is 0 Å². The van der Waals surface area contributed by atoms with Crippen LogP contribution in [0.15, 0.2) is 0 Å². The molecule has 1 aliphatic carbocycles. The maximum Gasteiger partial charge on any atom is 0.303 e. The number of carboxylic acid groups (broad SMARTS) is 2. The molecule has 0 amide bonds. The largest absolute Gasteiger partial charge is 0.481 e. The van der Waals surface area contributed by atoms with E-state index in [-0.39, 0.29) is 18.3 Å². The summed E-state index contributed by atoms with van der Waals surface area (Å²) in [4.78, 5) is 21.6. The van der Waals surface area contributed by atoms with Gasteiger partial charge in [-0.15, -0.1) is 0 Å². The van der Waals surface area contributed by atoms with Crippen LogP contribution in [-0.4, -0.2) is 22.2 Å². The summed E-state index contributed by atoms with van der Waals surface area (Å²) in [5.74, 6) is -1.78. The third-order valence-electron chi connectivity index (χ3n) is 3.72. The van der Waals surface area contributed by atoms with Crippen molar-refractivity contribution in [2.45, 2.75) is 52.4 Å². The number of carbonyl (C=O) groups is 2. The number of aliphatic carboxylic acids is 2. The van der Waals surface area contributed by atoms with Gasteiger partial charge in [0.2, 0.25) is 0 Å². The van der Waals surface area contributed by atoms with Crippen LogP contribution >= 0.6 is 0 Å². The Bertz CT molecular complexity index is 265. The van der Waals surface area contributed by atoms with Gasteiger partial charge >= 0.3 is 11.9 Å². The summed E-state index contributed by atoms with van der Waals surface area (Å²) < 4.78 is 0. The van der Waals surface area contributed by atoms with Crippen LogP contribution in [0.2, 0.25) is 0 Å². The molecule has 0 heterocycles. The summed E-state index contributed by atoms with van der Waals surface area (Å²) in [5, 5.41) is 17.8. The maximum atomic E-state index is 10.8. The Hall–Kier alpha value is -1.06. The molecule has 0 radical (unpaired) electrons. The van der Waals surface area contributed by atoms with Crippen molar-refractivity contribution < 1.29 is 19.8 Å². The van der Waals surface area contributed by atoms with Gasteiger partial charge < -0.3 is 10.2 Å². The third kappa shape index (κ3) is 3.51.